The molecule has 0 N–H and O–H groups in total. The third-order valence-electron chi connectivity index (χ3n) is 2.02. The van der Waals surface area contributed by atoms with Crippen LogP contribution < -0.4 is 0 Å². The van der Waals surface area contributed by atoms with Gasteiger partial charge in [-0.2, -0.15) is 0 Å². The third kappa shape index (κ3) is 1.47. The van der Waals surface area contributed by atoms with Crippen molar-refractivity contribution in [1.29, 1.82) is 0 Å². The number of rotatable bonds is 1. The minimum absolute atomic E-state index is 1.27. The summed E-state index contributed by atoms with van der Waals surface area (Å²) < 4.78 is 0. The first-order chi connectivity index (χ1) is 4.34. The topological polar surface area (TPSA) is 3.24 Å². The van der Waals surface area contributed by atoms with Crippen LogP contribution in [0.25, 0.3) is 0 Å². The van der Waals surface area contributed by atoms with Crippen molar-refractivity contribution < 1.29 is 0 Å². The Morgan fingerprint density at radius 1 is 1.33 bits per heavy atom. The number of likely N-dealkylation sites (tertiary alicyclic amines) is 1. The Morgan fingerprint density at radius 3 is 2.33 bits per heavy atom. The SMILES string of the molecule is CC=C(C)N1CCCC1. The smallest absolute Gasteiger partial charge is 0.0175 e. The van der Waals surface area contributed by atoms with E-state index in [2.05, 4.69) is 24.8 Å². The Morgan fingerprint density at radius 2 is 1.89 bits per heavy atom. The molecular formula is C8H15N. The highest BCUT2D eigenvalue weighted by atomic mass is 15.1. The summed E-state index contributed by atoms with van der Waals surface area (Å²) in [6, 6.07) is 0. The normalized spacial score (nSPS) is 21.1. The Bertz CT molecular complexity index is 110. The van der Waals surface area contributed by atoms with Gasteiger partial charge in [-0.1, -0.05) is 6.08 Å². The van der Waals surface area contributed by atoms with Crippen LogP contribution in [-0.4, -0.2) is 18.0 Å². The van der Waals surface area contributed by atoms with E-state index in [0.29, 0.717) is 0 Å². The van der Waals surface area contributed by atoms with Gasteiger partial charge in [-0.3, -0.25) is 0 Å². The average Bonchev–Trinajstić information content (AvgIpc) is 2.37. The minimum atomic E-state index is 1.27. The van der Waals surface area contributed by atoms with Gasteiger partial charge in [0.25, 0.3) is 0 Å². The van der Waals surface area contributed by atoms with Gasteiger partial charge in [0.1, 0.15) is 0 Å². The number of hydrogen-bond donors (Lipinski definition) is 0. The highest BCUT2D eigenvalue weighted by molar-refractivity contribution is 4.96. The largest absolute Gasteiger partial charge is 0.375 e. The second-order valence-corrected chi connectivity index (χ2v) is 2.62. The van der Waals surface area contributed by atoms with Gasteiger partial charge < -0.3 is 4.90 Å². The van der Waals surface area contributed by atoms with Crippen LogP contribution in [0.4, 0.5) is 0 Å². The second-order valence-electron chi connectivity index (χ2n) is 2.62. The van der Waals surface area contributed by atoms with Crippen molar-refractivity contribution in [1.82, 2.24) is 4.90 Å². The maximum absolute atomic E-state index is 2.44. The summed E-state index contributed by atoms with van der Waals surface area (Å²) in [7, 11) is 0. The molecule has 0 aromatic carbocycles. The molecule has 52 valence electrons. The van der Waals surface area contributed by atoms with Crippen LogP contribution in [0.5, 0.6) is 0 Å². The van der Waals surface area contributed by atoms with Crippen molar-refractivity contribution in [3.63, 3.8) is 0 Å². The molecule has 0 aromatic heterocycles. The lowest BCUT2D eigenvalue weighted by Crippen LogP contribution is -2.15. The standard InChI is InChI=1S/C8H15N/c1-3-8(2)9-6-4-5-7-9/h3H,4-7H2,1-2H3. The predicted octanol–water partition coefficient (Wildman–Crippen LogP) is 2.01. The molecule has 1 aliphatic heterocycles. The predicted molar refractivity (Wildman–Crippen MR) is 40.2 cm³/mol. The van der Waals surface area contributed by atoms with Crippen LogP contribution in [0.15, 0.2) is 11.8 Å². The number of allylic oxidation sites excluding steroid dienone is 2. The zero-order valence-electron chi connectivity index (χ0n) is 6.35. The first-order valence-corrected chi connectivity index (χ1v) is 3.72. The van der Waals surface area contributed by atoms with E-state index >= 15 is 0 Å². The molecule has 1 rings (SSSR count). The summed E-state index contributed by atoms with van der Waals surface area (Å²) in [4.78, 5) is 2.44. The van der Waals surface area contributed by atoms with Crippen LogP contribution in [-0.2, 0) is 0 Å². The highest BCUT2D eigenvalue weighted by Gasteiger charge is 2.09. The summed E-state index contributed by atoms with van der Waals surface area (Å²) in [5, 5.41) is 0. The molecule has 0 unspecified atom stereocenters. The first kappa shape index (κ1) is 6.66. The van der Waals surface area contributed by atoms with Gasteiger partial charge in [-0.25, -0.2) is 0 Å². The quantitative estimate of drug-likeness (QED) is 0.518. The maximum atomic E-state index is 2.44. The molecule has 9 heavy (non-hydrogen) atoms. The first-order valence-electron chi connectivity index (χ1n) is 3.72. The maximum Gasteiger partial charge on any atom is 0.0175 e. The van der Waals surface area contributed by atoms with E-state index in [-0.39, 0.29) is 0 Å². The van der Waals surface area contributed by atoms with Gasteiger partial charge >= 0.3 is 0 Å². The molecule has 1 heteroatoms. The second kappa shape index (κ2) is 2.90. The summed E-state index contributed by atoms with van der Waals surface area (Å²) >= 11 is 0. The zero-order valence-corrected chi connectivity index (χ0v) is 6.35. The molecule has 0 aromatic rings. The molecule has 0 atom stereocenters. The molecule has 0 amide bonds. The summed E-state index contributed by atoms with van der Waals surface area (Å²) in [6.07, 6.45) is 4.95. The van der Waals surface area contributed by atoms with Crippen molar-refractivity contribution in [2.75, 3.05) is 13.1 Å². The molecule has 0 aliphatic carbocycles. The van der Waals surface area contributed by atoms with Crippen LogP contribution in [0.3, 0.4) is 0 Å². The van der Waals surface area contributed by atoms with Gasteiger partial charge in [0.2, 0.25) is 0 Å². The zero-order chi connectivity index (χ0) is 6.69. The lowest BCUT2D eigenvalue weighted by Gasteiger charge is -2.16. The van der Waals surface area contributed by atoms with Crippen molar-refractivity contribution >= 4 is 0 Å². The molecule has 0 spiro atoms. The Labute approximate surface area is 57.4 Å². The molecule has 0 saturated carbocycles. The monoisotopic (exact) mass is 125 g/mol. The lowest BCUT2D eigenvalue weighted by molar-refractivity contribution is 0.427. The fraction of sp³-hybridized carbons (Fsp3) is 0.750. The Balaban J connectivity index is 2.42. The van der Waals surface area contributed by atoms with Gasteiger partial charge in [-0.05, 0) is 26.7 Å². The lowest BCUT2D eigenvalue weighted by atomic mass is 10.4. The van der Waals surface area contributed by atoms with E-state index < -0.39 is 0 Å². The van der Waals surface area contributed by atoms with Crippen LogP contribution in [0.2, 0.25) is 0 Å². The van der Waals surface area contributed by atoms with E-state index in [0.717, 1.165) is 0 Å². The molecule has 0 bridgehead atoms. The summed E-state index contributed by atoms with van der Waals surface area (Å²) in [5.74, 6) is 0. The number of nitrogens with zero attached hydrogens (tertiary/aromatic N) is 1. The Hall–Kier alpha value is -0.460. The van der Waals surface area contributed by atoms with Crippen LogP contribution in [0, 0.1) is 0 Å². The minimum Gasteiger partial charge on any atom is -0.375 e. The molecule has 1 heterocycles. The van der Waals surface area contributed by atoms with Gasteiger partial charge in [0.05, 0.1) is 0 Å². The van der Waals surface area contributed by atoms with Gasteiger partial charge in [0, 0.05) is 18.8 Å². The number of hydrogen-bond acceptors (Lipinski definition) is 1. The highest BCUT2D eigenvalue weighted by Crippen LogP contribution is 2.12. The molecular weight excluding hydrogens is 110 g/mol. The molecule has 1 nitrogen and oxygen atoms in total. The van der Waals surface area contributed by atoms with Crippen molar-refractivity contribution in [3.8, 4) is 0 Å². The fourth-order valence-corrected chi connectivity index (χ4v) is 1.25. The molecule has 1 fully saturated rings. The van der Waals surface area contributed by atoms with Crippen molar-refractivity contribution in [3.05, 3.63) is 11.8 Å². The van der Waals surface area contributed by atoms with Crippen LogP contribution >= 0.6 is 0 Å². The van der Waals surface area contributed by atoms with E-state index in [4.69, 9.17) is 0 Å². The Kier molecular flexibility index (Phi) is 2.15. The van der Waals surface area contributed by atoms with E-state index in [1.54, 1.807) is 0 Å². The third-order valence-corrected chi connectivity index (χ3v) is 2.02. The van der Waals surface area contributed by atoms with Gasteiger partial charge in [0.15, 0.2) is 0 Å². The van der Waals surface area contributed by atoms with Crippen molar-refractivity contribution in [2.45, 2.75) is 26.7 Å². The van der Waals surface area contributed by atoms with Crippen molar-refractivity contribution in [2.24, 2.45) is 0 Å². The molecule has 1 saturated heterocycles. The van der Waals surface area contributed by atoms with Gasteiger partial charge in [-0.15, -0.1) is 0 Å². The average molecular weight is 125 g/mol. The molecule has 0 radical (unpaired) electrons. The molecule has 1 aliphatic rings. The fourth-order valence-electron chi connectivity index (χ4n) is 1.25. The van der Waals surface area contributed by atoms with E-state index in [1.165, 1.54) is 31.6 Å². The summed E-state index contributed by atoms with van der Waals surface area (Å²) in [5.41, 5.74) is 1.44. The van der Waals surface area contributed by atoms with E-state index in [1.807, 2.05) is 0 Å². The van der Waals surface area contributed by atoms with Crippen LogP contribution in [0.1, 0.15) is 26.7 Å². The summed E-state index contributed by atoms with van der Waals surface area (Å²) in [6.45, 7) is 6.84. The van der Waals surface area contributed by atoms with E-state index in [9.17, 15) is 0 Å².